The average Bonchev–Trinajstić information content (AvgIpc) is 2.66. The molecule has 152 valence electrons. The molecule has 1 aromatic carbocycles. The summed E-state index contributed by atoms with van der Waals surface area (Å²) in [7, 11) is 2.10. The molecule has 0 N–H and O–H groups in total. The fourth-order valence-electron chi connectivity index (χ4n) is 2.62. The standard InChI is InChI=1S/C16H13F4NO7/c1-24-13(22)8-6-26-7-21(11(8)14(23)25-2)9-4-3-5-10-12(9)28-16(19,20)15(17,18)27-10/h3-5H,6-7H2,1-2H3. The van der Waals surface area contributed by atoms with Gasteiger partial charge >= 0.3 is 24.2 Å². The number of carbonyl (C=O) groups excluding carboxylic acids is 2. The van der Waals surface area contributed by atoms with E-state index in [1.54, 1.807) is 0 Å². The van der Waals surface area contributed by atoms with Crippen LogP contribution in [0, 0.1) is 0 Å². The summed E-state index contributed by atoms with van der Waals surface area (Å²) in [5, 5.41) is 0. The fourth-order valence-corrected chi connectivity index (χ4v) is 2.62. The van der Waals surface area contributed by atoms with E-state index < -0.39 is 42.4 Å². The van der Waals surface area contributed by atoms with Gasteiger partial charge < -0.3 is 28.6 Å². The lowest BCUT2D eigenvalue weighted by atomic mass is 10.1. The van der Waals surface area contributed by atoms with Crippen molar-refractivity contribution in [2.24, 2.45) is 0 Å². The summed E-state index contributed by atoms with van der Waals surface area (Å²) >= 11 is 0. The molecule has 0 amide bonds. The van der Waals surface area contributed by atoms with E-state index in [-0.39, 0.29) is 23.6 Å². The van der Waals surface area contributed by atoms with Gasteiger partial charge in [-0.25, -0.2) is 9.59 Å². The number of rotatable bonds is 3. The minimum atomic E-state index is -4.98. The summed E-state index contributed by atoms with van der Waals surface area (Å²) in [4.78, 5) is 25.2. The van der Waals surface area contributed by atoms with Crippen molar-refractivity contribution in [1.29, 1.82) is 0 Å². The largest absolute Gasteiger partial charge is 0.507 e. The van der Waals surface area contributed by atoms with Crippen molar-refractivity contribution in [2.45, 2.75) is 12.2 Å². The first-order valence-corrected chi connectivity index (χ1v) is 7.64. The molecule has 3 rings (SSSR count). The molecule has 0 saturated carbocycles. The molecule has 8 nitrogen and oxygen atoms in total. The number of hydrogen-bond acceptors (Lipinski definition) is 8. The molecule has 2 aliphatic rings. The van der Waals surface area contributed by atoms with E-state index in [9.17, 15) is 27.2 Å². The molecule has 12 heteroatoms. The normalized spacial score (nSPS) is 19.9. The summed E-state index contributed by atoms with van der Waals surface area (Å²) in [5.74, 6) is -3.39. The van der Waals surface area contributed by atoms with Gasteiger partial charge in [-0.3, -0.25) is 0 Å². The number of alkyl halides is 4. The highest BCUT2D eigenvalue weighted by Gasteiger charge is 2.66. The van der Waals surface area contributed by atoms with E-state index in [0.29, 0.717) is 0 Å². The zero-order chi connectivity index (χ0) is 20.7. The number of anilines is 1. The molecule has 0 aromatic heterocycles. The monoisotopic (exact) mass is 407 g/mol. The van der Waals surface area contributed by atoms with Crippen molar-refractivity contribution < 1.29 is 50.8 Å². The Morgan fingerprint density at radius 3 is 2.32 bits per heavy atom. The number of esters is 2. The Morgan fingerprint density at radius 2 is 1.68 bits per heavy atom. The van der Waals surface area contributed by atoms with Crippen LogP contribution in [-0.4, -0.2) is 51.7 Å². The number of hydrogen-bond donors (Lipinski definition) is 0. The summed E-state index contributed by atoms with van der Waals surface area (Å²) in [6, 6.07) is 3.38. The van der Waals surface area contributed by atoms with Crippen LogP contribution in [-0.2, 0) is 23.8 Å². The smallest absolute Gasteiger partial charge is 0.466 e. The van der Waals surface area contributed by atoms with Gasteiger partial charge in [0.1, 0.15) is 12.4 Å². The predicted molar refractivity (Wildman–Crippen MR) is 81.9 cm³/mol. The second-order valence-corrected chi connectivity index (χ2v) is 5.56. The van der Waals surface area contributed by atoms with E-state index in [2.05, 4.69) is 18.9 Å². The molecule has 28 heavy (non-hydrogen) atoms. The van der Waals surface area contributed by atoms with Gasteiger partial charge in [0.2, 0.25) is 0 Å². The number of halogens is 4. The number of ether oxygens (including phenoxy) is 5. The Bertz CT molecular complexity index is 855. The van der Waals surface area contributed by atoms with Crippen molar-refractivity contribution in [3.05, 3.63) is 29.5 Å². The molecular weight excluding hydrogens is 394 g/mol. The molecular formula is C16H13F4NO7. The quantitative estimate of drug-likeness (QED) is 0.556. The van der Waals surface area contributed by atoms with Crippen LogP contribution in [0.1, 0.15) is 0 Å². The van der Waals surface area contributed by atoms with Crippen molar-refractivity contribution in [2.75, 3.05) is 32.5 Å². The molecule has 0 bridgehead atoms. The third-order valence-corrected chi connectivity index (χ3v) is 3.89. The maximum atomic E-state index is 13.7. The van der Waals surface area contributed by atoms with Crippen LogP contribution >= 0.6 is 0 Å². The van der Waals surface area contributed by atoms with E-state index in [0.717, 1.165) is 25.2 Å². The van der Waals surface area contributed by atoms with E-state index in [4.69, 9.17) is 4.74 Å². The van der Waals surface area contributed by atoms with Gasteiger partial charge in [0.05, 0.1) is 32.1 Å². The molecule has 0 saturated heterocycles. The second-order valence-electron chi connectivity index (χ2n) is 5.56. The van der Waals surface area contributed by atoms with E-state index in [1.165, 1.54) is 12.1 Å². The van der Waals surface area contributed by atoms with Gasteiger partial charge in [0.25, 0.3) is 0 Å². The molecule has 0 atom stereocenters. The van der Waals surface area contributed by atoms with Crippen LogP contribution in [0.25, 0.3) is 0 Å². The fraction of sp³-hybridized carbons (Fsp3) is 0.375. The summed E-state index contributed by atoms with van der Waals surface area (Å²) < 4.78 is 76.9. The van der Waals surface area contributed by atoms with E-state index in [1.807, 2.05) is 0 Å². The van der Waals surface area contributed by atoms with Crippen LogP contribution in [0.3, 0.4) is 0 Å². The number of fused-ring (bicyclic) bond motifs is 1. The zero-order valence-electron chi connectivity index (χ0n) is 14.5. The average molecular weight is 407 g/mol. The highest BCUT2D eigenvalue weighted by atomic mass is 19.3. The van der Waals surface area contributed by atoms with Crippen molar-refractivity contribution >= 4 is 17.6 Å². The second kappa shape index (κ2) is 6.86. The minimum absolute atomic E-state index is 0.257. The predicted octanol–water partition coefficient (Wildman–Crippen LogP) is 2.04. The Labute approximate surface area is 155 Å². The van der Waals surface area contributed by atoms with Gasteiger partial charge in [-0.05, 0) is 12.1 Å². The highest BCUT2D eigenvalue weighted by Crippen LogP contribution is 2.51. The maximum absolute atomic E-state index is 13.7. The molecule has 0 spiro atoms. The molecule has 0 radical (unpaired) electrons. The SMILES string of the molecule is COC(=O)C1=C(C(=O)OC)N(c2cccc3c2OC(F)(F)C(F)(F)O3)COC1. The molecule has 0 aliphatic carbocycles. The van der Waals surface area contributed by atoms with Crippen molar-refractivity contribution in [3.63, 3.8) is 0 Å². The van der Waals surface area contributed by atoms with Crippen LogP contribution in [0.5, 0.6) is 11.5 Å². The topological polar surface area (TPSA) is 83.5 Å². The number of para-hydroxylation sites is 1. The molecule has 0 fully saturated rings. The third-order valence-electron chi connectivity index (χ3n) is 3.89. The number of benzene rings is 1. The van der Waals surface area contributed by atoms with Crippen LogP contribution < -0.4 is 14.4 Å². The lowest BCUT2D eigenvalue weighted by Gasteiger charge is -2.36. The van der Waals surface area contributed by atoms with Gasteiger partial charge in [-0.1, -0.05) is 6.07 Å². The van der Waals surface area contributed by atoms with Crippen LogP contribution in [0.4, 0.5) is 23.2 Å². The molecule has 2 heterocycles. The minimum Gasteiger partial charge on any atom is -0.466 e. The van der Waals surface area contributed by atoms with Crippen LogP contribution in [0.15, 0.2) is 29.5 Å². The summed E-state index contributed by atoms with van der Waals surface area (Å²) in [5.41, 5.74) is -0.917. The first-order chi connectivity index (χ1) is 13.1. The maximum Gasteiger partial charge on any atom is 0.507 e. The Hall–Kier alpha value is -3.02. The van der Waals surface area contributed by atoms with Gasteiger partial charge in [-0.2, -0.15) is 17.6 Å². The lowest BCUT2D eigenvalue weighted by molar-refractivity contribution is -0.391. The first kappa shape index (κ1) is 19.7. The van der Waals surface area contributed by atoms with Crippen molar-refractivity contribution in [1.82, 2.24) is 0 Å². The van der Waals surface area contributed by atoms with Gasteiger partial charge in [0, 0.05) is 0 Å². The Balaban J connectivity index is 2.16. The number of carbonyl (C=O) groups is 2. The lowest BCUT2D eigenvalue weighted by Crippen LogP contribution is -2.52. The van der Waals surface area contributed by atoms with Gasteiger partial charge in [-0.15, -0.1) is 0 Å². The highest BCUT2D eigenvalue weighted by molar-refractivity contribution is 6.03. The Kier molecular flexibility index (Phi) is 4.83. The van der Waals surface area contributed by atoms with Gasteiger partial charge in [0.15, 0.2) is 11.5 Å². The number of methoxy groups -OCH3 is 2. The van der Waals surface area contributed by atoms with E-state index >= 15 is 0 Å². The Morgan fingerprint density at radius 1 is 1.04 bits per heavy atom. The number of nitrogens with zero attached hydrogens (tertiary/aromatic N) is 1. The zero-order valence-corrected chi connectivity index (χ0v) is 14.5. The molecule has 1 aromatic rings. The molecule has 0 unspecified atom stereocenters. The summed E-state index contributed by atoms with van der Waals surface area (Å²) in [6.45, 7) is -0.721. The molecule has 2 aliphatic heterocycles. The van der Waals surface area contributed by atoms with Crippen LogP contribution in [0.2, 0.25) is 0 Å². The first-order valence-electron chi connectivity index (χ1n) is 7.64. The summed E-state index contributed by atoms with van der Waals surface area (Å²) in [6.07, 6.45) is -9.89. The van der Waals surface area contributed by atoms with Crippen molar-refractivity contribution in [3.8, 4) is 11.5 Å². The third kappa shape index (κ3) is 3.09.